The molecule has 2 aromatic rings. The summed E-state index contributed by atoms with van der Waals surface area (Å²) in [5.74, 6) is 0.374. The molecule has 0 spiro atoms. The van der Waals surface area contributed by atoms with Crippen LogP contribution in [0.2, 0.25) is 0 Å². The molecule has 10 nitrogen and oxygen atoms in total. The van der Waals surface area contributed by atoms with Crippen molar-refractivity contribution in [2.24, 2.45) is 11.8 Å². The molecule has 0 bridgehead atoms. The summed E-state index contributed by atoms with van der Waals surface area (Å²) < 4.78 is 30.7. The van der Waals surface area contributed by atoms with Crippen molar-refractivity contribution in [1.82, 2.24) is 0 Å². The predicted molar refractivity (Wildman–Crippen MR) is 157 cm³/mol. The van der Waals surface area contributed by atoms with E-state index in [1.807, 2.05) is 24.3 Å². The lowest BCUT2D eigenvalue weighted by atomic mass is 9.82. The molecule has 0 amide bonds. The van der Waals surface area contributed by atoms with Gasteiger partial charge in [0, 0.05) is 21.3 Å². The Labute approximate surface area is 254 Å². The highest BCUT2D eigenvalue weighted by Gasteiger charge is 2.32. The maximum absolute atomic E-state index is 12.7. The molecule has 12 heteroatoms. The van der Waals surface area contributed by atoms with Gasteiger partial charge in [-0.05, 0) is 74.2 Å². The van der Waals surface area contributed by atoms with Crippen molar-refractivity contribution in [1.29, 1.82) is 0 Å². The summed E-state index contributed by atoms with van der Waals surface area (Å²) >= 11 is 3.13. The number of carbonyl (C=O) groups is 4. The second-order valence-corrected chi connectivity index (χ2v) is 11.6. The number of hydrogen-bond donors (Lipinski definition) is 0. The Hall–Kier alpha value is -3.06. The lowest BCUT2D eigenvalue weighted by Gasteiger charge is -2.25. The summed E-state index contributed by atoms with van der Waals surface area (Å²) in [6.45, 7) is 0.692. The van der Waals surface area contributed by atoms with Crippen molar-refractivity contribution in [3.63, 3.8) is 0 Å². The minimum absolute atomic E-state index is 0.0670. The number of methoxy groups -OCH3 is 2. The SMILES string of the molecule is COC(=O)COCCSc1ccc(OC(=O)C2CCC(C(=O)Oc3ccc(SCCOCC(=O)OC)cc3)CC2)cc1. The van der Waals surface area contributed by atoms with Gasteiger partial charge in [0.05, 0.1) is 39.3 Å². The monoisotopic (exact) mass is 620 g/mol. The van der Waals surface area contributed by atoms with Crippen LogP contribution < -0.4 is 9.47 Å². The summed E-state index contributed by atoms with van der Waals surface area (Å²) in [6, 6.07) is 14.5. The molecule has 0 heterocycles. The Kier molecular flexibility index (Phi) is 14.7. The van der Waals surface area contributed by atoms with E-state index in [4.69, 9.17) is 18.9 Å². The molecule has 0 N–H and O–H groups in total. The molecule has 42 heavy (non-hydrogen) atoms. The minimum atomic E-state index is -0.407. The van der Waals surface area contributed by atoms with Crippen LogP contribution >= 0.6 is 23.5 Å². The molecular formula is C30H36O10S2. The Morgan fingerprint density at radius 1 is 0.619 bits per heavy atom. The lowest BCUT2D eigenvalue weighted by Crippen LogP contribution is -2.30. The summed E-state index contributed by atoms with van der Waals surface area (Å²) in [5, 5.41) is 0. The van der Waals surface area contributed by atoms with E-state index >= 15 is 0 Å². The molecule has 3 rings (SSSR count). The minimum Gasteiger partial charge on any atom is -0.467 e. The highest BCUT2D eigenvalue weighted by atomic mass is 32.2. The van der Waals surface area contributed by atoms with Crippen LogP contribution in [0.25, 0.3) is 0 Å². The molecule has 1 aliphatic carbocycles. The van der Waals surface area contributed by atoms with Crippen molar-refractivity contribution in [3.8, 4) is 11.5 Å². The van der Waals surface area contributed by atoms with E-state index in [1.54, 1.807) is 47.8 Å². The van der Waals surface area contributed by atoms with Crippen LogP contribution in [0.15, 0.2) is 58.3 Å². The van der Waals surface area contributed by atoms with Crippen molar-refractivity contribution in [2.45, 2.75) is 35.5 Å². The van der Waals surface area contributed by atoms with Gasteiger partial charge in [-0.25, -0.2) is 9.59 Å². The fraction of sp³-hybridized carbons (Fsp3) is 0.467. The molecule has 0 atom stereocenters. The molecule has 1 saturated carbocycles. The fourth-order valence-corrected chi connectivity index (χ4v) is 5.57. The first-order chi connectivity index (χ1) is 20.4. The average molecular weight is 621 g/mol. The first kappa shape index (κ1) is 33.4. The van der Waals surface area contributed by atoms with Crippen LogP contribution in [0, 0.1) is 11.8 Å². The van der Waals surface area contributed by atoms with Crippen LogP contribution in [0.4, 0.5) is 0 Å². The van der Waals surface area contributed by atoms with E-state index < -0.39 is 11.9 Å². The molecule has 0 aliphatic heterocycles. The quantitative estimate of drug-likeness (QED) is 0.113. The Morgan fingerprint density at radius 3 is 1.31 bits per heavy atom. The normalized spacial score (nSPS) is 16.3. The number of esters is 4. The Morgan fingerprint density at radius 2 is 0.976 bits per heavy atom. The zero-order valence-corrected chi connectivity index (χ0v) is 25.4. The van der Waals surface area contributed by atoms with Crippen LogP contribution in [-0.4, -0.2) is 76.0 Å². The first-order valence-electron chi connectivity index (χ1n) is 13.6. The van der Waals surface area contributed by atoms with Gasteiger partial charge < -0.3 is 28.4 Å². The Balaban J connectivity index is 1.32. The van der Waals surface area contributed by atoms with Crippen LogP contribution in [0.5, 0.6) is 11.5 Å². The molecule has 0 radical (unpaired) electrons. The van der Waals surface area contributed by atoms with E-state index in [-0.39, 0.29) is 37.0 Å². The van der Waals surface area contributed by atoms with Gasteiger partial charge in [-0.2, -0.15) is 0 Å². The summed E-state index contributed by atoms with van der Waals surface area (Å²) in [7, 11) is 2.63. The number of hydrogen-bond acceptors (Lipinski definition) is 12. The lowest BCUT2D eigenvalue weighted by molar-refractivity contribution is -0.146. The van der Waals surface area contributed by atoms with Crippen molar-refractivity contribution in [2.75, 3.05) is 52.2 Å². The van der Waals surface area contributed by atoms with E-state index in [9.17, 15) is 19.2 Å². The topological polar surface area (TPSA) is 124 Å². The molecule has 1 aliphatic rings. The van der Waals surface area contributed by atoms with Crippen LogP contribution in [0.1, 0.15) is 25.7 Å². The van der Waals surface area contributed by atoms with Gasteiger partial charge in [0.2, 0.25) is 0 Å². The third-order valence-corrected chi connectivity index (χ3v) is 8.32. The third-order valence-electron chi connectivity index (χ3n) is 6.37. The zero-order chi connectivity index (χ0) is 30.2. The maximum atomic E-state index is 12.7. The van der Waals surface area contributed by atoms with Crippen molar-refractivity contribution < 1.29 is 47.6 Å². The second kappa shape index (κ2) is 18.5. The van der Waals surface area contributed by atoms with Gasteiger partial charge in [0.15, 0.2) is 0 Å². The molecule has 228 valence electrons. The van der Waals surface area contributed by atoms with Crippen molar-refractivity contribution >= 4 is 47.4 Å². The van der Waals surface area contributed by atoms with Gasteiger partial charge in [-0.1, -0.05) is 0 Å². The second-order valence-electron chi connectivity index (χ2n) is 9.29. The van der Waals surface area contributed by atoms with E-state index in [0.717, 1.165) is 9.79 Å². The van der Waals surface area contributed by atoms with Gasteiger partial charge in [0.25, 0.3) is 0 Å². The zero-order valence-electron chi connectivity index (χ0n) is 23.7. The average Bonchev–Trinajstić information content (AvgIpc) is 3.02. The molecule has 1 fully saturated rings. The van der Waals surface area contributed by atoms with Gasteiger partial charge >= 0.3 is 23.9 Å². The smallest absolute Gasteiger partial charge is 0.331 e. The number of ether oxygens (including phenoxy) is 6. The van der Waals surface area contributed by atoms with Crippen molar-refractivity contribution in [3.05, 3.63) is 48.5 Å². The predicted octanol–water partition coefficient (Wildman–Crippen LogP) is 4.57. The summed E-state index contributed by atoms with van der Waals surface area (Å²) in [5.41, 5.74) is 0. The number of thioether (sulfide) groups is 2. The van der Waals surface area contributed by atoms with E-state index in [2.05, 4.69) is 9.47 Å². The van der Waals surface area contributed by atoms with Crippen LogP contribution in [0.3, 0.4) is 0 Å². The summed E-state index contributed by atoms with van der Waals surface area (Å²) in [4.78, 5) is 49.5. The largest absolute Gasteiger partial charge is 0.467 e. The molecule has 2 aromatic carbocycles. The van der Waals surface area contributed by atoms with Crippen LogP contribution in [-0.2, 0) is 38.1 Å². The fourth-order valence-electron chi connectivity index (χ4n) is 4.04. The van der Waals surface area contributed by atoms with E-state index in [1.165, 1.54) is 14.2 Å². The van der Waals surface area contributed by atoms with Gasteiger partial charge in [-0.15, -0.1) is 23.5 Å². The number of benzene rings is 2. The standard InChI is InChI=1S/C30H36O10S2/c1-35-27(31)19-37-15-17-41-25-11-7-23(8-12-25)39-29(33)21-3-5-22(6-4-21)30(34)40-24-9-13-26(14-10-24)42-18-16-38-20-28(32)36-2/h7-14,21-22H,3-6,15-20H2,1-2H3. The molecule has 0 aromatic heterocycles. The Bertz CT molecular complexity index is 1050. The summed E-state index contributed by atoms with van der Waals surface area (Å²) in [6.07, 6.45) is 2.24. The molecule has 0 unspecified atom stereocenters. The van der Waals surface area contributed by atoms with Gasteiger partial charge in [-0.3, -0.25) is 9.59 Å². The van der Waals surface area contributed by atoms with E-state index in [0.29, 0.717) is 61.9 Å². The molecule has 0 saturated heterocycles. The first-order valence-corrected chi connectivity index (χ1v) is 15.5. The number of carbonyl (C=O) groups excluding carboxylic acids is 4. The number of rotatable bonds is 16. The van der Waals surface area contributed by atoms with Gasteiger partial charge in [0.1, 0.15) is 24.7 Å². The highest BCUT2D eigenvalue weighted by molar-refractivity contribution is 7.99. The highest BCUT2D eigenvalue weighted by Crippen LogP contribution is 2.32. The third kappa shape index (κ3) is 12.0. The maximum Gasteiger partial charge on any atom is 0.331 e. The molecular weight excluding hydrogens is 584 g/mol.